The van der Waals surface area contributed by atoms with E-state index in [-0.39, 0.29) is 11.3 Å². The van der Waals surface area contributed by atoms with E-state index in [9.17, 15) is 22.0 Å². The maximum Gasteiger partial charge on any atom is 0.264 e. The van der Waals surface area contributed by atoms with Gasteiger partial charge in [-0.1, -0.05) is 12.1 Å². The van der Waals surface area contributed by atoms with Gasteiger partial charge in [0.2, 0.25) is 0 Å². The van der Waals surface area contributed by atoms with E-state index in [0.29, 0.717) is 12.1 Å². The van der Waals surface area contributed by atoms with Gasteiger partial charge >= 0.3 is 0 Å². The van der Waals surface area contributed by atoms with E-state index in [2.05, 4.69) is 0 Å². The molecule has 0 aromatic heterocycles. The van der Waals surface area contributed by atoms with Gasteiger partial charge in [-0.2, -0.15) is 0 Å². The van der Waals surface area contributed by atoms with E-state index in [1.54, 1.807) is 0 Å². The molecule has 0 bridgehead atoms. The zero-order valence-corrected chi connectivity index (χ0v) is 11.3. The Labute approximate surface area is 119 Å². The smallest absolute Gasteiger partial charge is 0.264 e. The standard InChI is InChI=1S/C13H10F2N2O3S/c14-8-5-6-10(15)12(7-8)21(19,20)17-11-4-2-1-3-9(11)13(16)18/h1-7,17H,(H2,16,18). The Morgan fingerprint density at radius 1 is 1.10 bits per heavy atom. The number of rotatable bonds is 4. The summed E-state index contributed by atoms with van der Waals surface area (Å²) in [6, 6.07) is 7.59. The Kier molecular flexibility index (Phi) is 3.90. The number of sulfonamides is 1. The van der Waals surface area contributed by atoms with Gasteiger partial charge in [0, 0.05) is 0 Å². The molecule has 2 aromatic carbocycles. The molecule has 110 valence electrons. The number of anilines is 1. The molecule has 0 radical (unpaired) electrons. The van der Waals surface area contributed by atoms with Crippen LogP contribution in [0.4, 0.5) is 14.5 Å². The van der Waals surface area contributed by atoms with Crippen molar-refractivity contribution in [3.63, 3.8) is 0 Å². The first-order chi connectivity index (χ1) is 9.81. The maximum absolute atomic E-state index is 13.5. The summed E-state index contributed by atoms with van der Waals surface area (Å²) in [5, 5.41) is 0. The summed E-state index contributed by atoms with van der Waals surface area (Å²) in [7, 11) is -4.40. The third-order valence-corrected chi connectivity index (χ3v) is 4.00. The number of nitrogens with two attached hydrogens (primary N) is 1. The largest absolute Gasteiger partial charge is 0.366 e. The zero-order chi connectivity index (χ0) is 15.6. The Morgan fingerprint density at radius 2 is 1.76 bits per heavy atom. The van der Waals surface area contributed by atoms with Crippen LogP contribution in [0.25, 0.3) is 0 Å². The fourth-order valence-corrected chi connectivity index (χ4v) is 2.84. The molecule has 2 rings (SSSR count). The van der Waals surface area contributed by atoms with Crippen molar-refractivity contribution in [1.82, 2.24) is 0 Å². The molecule has 0 aliphatic rings. The van der Waals surface area contributed by atoms with Crippen LogP contribution in [0.5, 0.6) is 0 Å². The van der Waals surface area contributed by atoms with Crippen LogP contribution in [0.3, 0.4) is 0 Å². The van der Waals surface area contributed by atoms with E-state index >= 15 is 0 Å². The van der Waals surface area contributed by atoms with Crippen LogP contribution >= 0.6 is 0 Å². The third-order valence-electron chi connectivity index (χ3n) is 2.62. The lowest BCUT2D eigenvalue weighted by molar-refractivity contribution is 0.100. The summed E-state index contributed by atoms with van der Waals surface area (Å²) in [5.41, 5.74) is 4.92. The minimum absolute atomic E-state index is 0.0853. The highest BCUT2D eigenvalue weighted by Crippen LogP contribution is 2.22. The van der Waals surface area contributed by atoms with Crippen molar-refractivity contribution in [2.24, 2.45) is 5.73 Å². The van der Waals surface area contributed by atoms with Crippen molar-refractivity contribution < 1.29 is 22.0 Å². The molecule has 8 heteroatoms. The number of carbonyl (C=O) groups is 1. The van der Waals surface area contributed by atoms with Gasteiger partial charge < -0.3 is 5.73 Å². The van der Waals surface area contributed by atoms with E-state index in [0.717, 1.165) is 6.07 Å². The van der Waals surface area contributed by atoms with Crippen LogP contribution < -0.4 is 10.5 Å². The van der Waals surface area contributed by atoms with Gasteiger partial charge in [0.15, 0.2) is 0 Å². The van der Waals surface area contributed by atoms with Gasteiger partial charge in [0.1, 0.15) is 16.5 Å². The van der Waals surface area contributed by atoms with Crippen LogP contribution in [0.2, 0.25) is 0 Å². The van der Waals surface area contributed by atoms with Gasteiger partial charge in [-0.15, -0.1) is 0 Å². The van der Waals surface area contributed by atoms with Crippen molar-refractivity contribution in [2.75, 3.05) is 4.72 Å². The normalized spacial score (nSPS) is 11.1. The van der Waals surface area contributed by atoms with Crippen LogP contribution in [-0.2, 0) is 10.0 Å². The summed E-state index contributed by atoms with van der Waals surface area (Å²) < 4.78 is 52.8. The SMILES string of the molecule is NC(=O)c1ccccc1NS(=O)(=O)c1cc(F)ccc1F. The first-order valence-electron chi connectivity index (χ1n) is 5.68. The Bertz CT molecular complexity index is 807. The third kappa shape index (κ3) is 3.16. The fourth-order valence-electron chi connectivity index (χ4n) is 1.67. The second kappa shape index (κ2) is 5.49. The first-order valence-corrected chi connectivity index (χ1v) is 7.16. The molecule has 5 nitrogen and oxygen atoms in total. The molecule has 2 aromatic rings. The topological polar surface area (TPSA) is 89.3 Å². The van der Waals surface area contributed by atoms with E-state index < -0.39 is 32.5 Å². The van der Waals surface area contributed by atoms with Gasteiger partial charge in [-0.05, 0) is 30.3 Å². The second-order valence-electron chi connectivity index (χ2n) is 4.09. The molecule has 0 atom stereocenters. The highest BCUT2D eigenvalue weighted by molar-refractivity contribution is 7.92. The number of carbonyl (C=O) groups excluding carboxylic acids is 1. The molecular formula is C13H10F2N2O3S. The fraction of sp³-hybridized carbons (Fsp3) is 0. The Hall–Kier alpha value is -2.48. The van der Waals surface area contributed by atoms with Gasteiger partial charge in [-0.3, -0.25) is 9.52 Å². The summed E-state index contributed by atoms with van der Waals surface area (Å²) in [4.78, 5) is 10.4. The summed E-state index contributed by atoms with van der Waals surface area (Å²) >= 11 is 0. The van der Waals surface area contributed by atoms with Gasteiger partial charge in [-0.25, -0.2) is 17.2 Å². The highest BCUT2D eigenvalue weighted by atomic mass is 32.2. The van der Waals surface area contributed by atoms with Crippen molar-refractivity contribution in [3.05, 3.63) is 59.7 Å². The van der Waals surface area contributed by atoms with Crippen molar-refractivity contribution >= 4 is 21.6 Å². The highest BCUT2D eigenvalue weighted by Gasteiger charge is 2.21. The van der Waals surface area contributed by atoms with E-state index in [4.69, 9.17) is 5.73 Å². The summed E-state index contributed by atoms with van der Waals surface area (Å²) in [5.74, 6) is -2.87. The molecular weight excluding hydrogens is 302 g/mol. The number of benzene rings is 2. The number of para-hydroxylation sites is 1. The summed E-state index contributed by atoms with van der Waals surface area (Å²) in [6.45, 7) is 0. The molecule has 0 unspecified atom stereocenters. The van der Waals surface area contributed by atoms with Gasteiger partial charge in [0.05, 0.1) is 11.3 Å². The lowest BCUT2D eigenvalue weighted by Crippen LogP contribution is -2.19. The quantitative estimate of drug-likeness (QED) is 0.903. The molecule has 0 spiro atoms. The molecule has 0 aliphatic heterocycles. The number of nitrogens with one attached hydrogen (secondary N) is 1. The number of halogens is 2. The Balaban J connectivity index is 2.48. The van der Waals surface area contributed by atoms with Crippen molar-refractivity contribution in [3.8, 4) is 0 Å². The molecule has 3 N–H and O–H groups in total. The molecule has 0 aliphatic carbocycles. The minimum atomic E-state index is -4.40. The molecule has 0 heterocycles. The lowest BCUT2D eigenvalue weighted by Gasteiger charge is -2.11. The van der Waals surface area contributed by atoms with Crippen LogP contribution in [0, 0.1) is 11.6 Å². The van der Waals surface area contributed by atoms with Crippen LogP contribution in [0.1, 0.15) is 10.4 Å². The van der Waals surface area contributed by atoms with Crippen molar-refractivity contribution in [2.45, 2.75) is 4.90 Å². The monoisotopic (exact) mass is 312 g/mol. The number of hydrogen-bond donors (Lipinski definition) is 2. The van der Waals surface area contributed by atoms with Crippen LogP contribution in [0.15, 0.2) is 47.4 Å². The number of hydrogen-bond acceptors (Lipinski definition) is 3. The molecule has 0 saturated heterocycles. The van der Waals surface area contributed by atoms with Crippen LogP contribution in [-0.4, -0.2) is 14.3 Å². The van der Waals surface area contributed by atoms with Crippen molar-refractivity contribution in [1.29, 1.82) is 0 Å². The molecule has 21 heavy (non-hydrogen) atoms. The minimum Gasteiger partial charge on any atom is -0.366 e. The Morgan fingerprint density at radius 3 is 2.43 bits per heavy atom. The number of primary amides is 1. The summed E-state index contributed by atoms with van der Waals surface area (Å²) in [6.07, 6.45) is 0. The van der Waals surface area contributed by atoms with E-state index in [1.165, 1.54) is 24.3 Å². The maximum atomic E-state index is 13.5. The average molecular weight is 312 g/mol. The average Bonchev–Trinajstić information content (AvgIpc) is 2.41. The second-order valence-corrected chi connectivity index (χ2v) is 5.74. The van der Waals surface area contributed by atoms with E-state index in [1.807, 2.05) is 4.72 Å². The molecule has 0 saturated carbocycles. The predicted octanol–water partition coefficient (Wildman–Crippen LogP) is 1.86. The first kappa shape index (κ1) is 14.9. The van der Waals surface area contributed by atoms with Gasteiger partial charge in [0.25, 0.3) is 15.9 Å². The lowest BCUT2D eigenvalue weighted by atomic mass is 10.2. The zero-order valence-electron chi connectivity index (χ0n) is 10.5. The number of amides is 1. The predicted molar refractivity (Wildman–Crippen MR) is 72.1 cm³/mol. The molecule has 0 fully saturated rings. The molecule has 1 amide bonds.